The Morgan fingerprint density at radius 2 is 2.00 bits per heavy atom. The van der Waals surface area contributed by atoms with Gasteiger partial charge in [-0.15, -0.1) is 0 Å². The van der Waals surface area contributed by atoms with Crippen LogP contribution in [0, 0.1) is 0 Å². The molecular formula is C14H14ClN3O2. The first kappa shape index (κ1) is 14.3. The standard InChI is InChI=1S/C14H14ClN3O2/c1-18(9-10-3-5-11(20-2)6-4-10)14(19)12-7-16-8-13(15)17-12/h3-8H,9H2,1-2H3. The monoisotopic (exact) mass is 291 g/mol. The van der Waals surface area contributed by atoms with Crippen molar-refractivity contribution in [3.63, 3.8) is 0 Å². The number of ether oxygens (including phenoxy) is 1. The fourth-order valence-corrected chi connectivity index (χ4v) is 1.86. The van der Waals surface area contributed by atoms with Gasteiger partial charge in [-0.05, 0) is 17.7 Å². The minimum atomic E-state index is -0.226. The van der Waals surface area contributed by atoms with Gasteiger partial charge in [-0.3, -0.25) is 9.78 Å². The Balaban J connectivity index is 2.07. The van der Waals surface area contributed by atoms with Crippen LogP contribution in [0.25, 0.3) is 0 Å². The zero-order valence-corrected chi connectivity index (χ0v) is 12.0. The Bertz CT molecular complexity index is 602. The van der Waals surface area contributed by atoms with Crippen molar-refractivity contribution in [3.8, 4) is 5.75 Å². The molecular weight excluding hydrogens is 278 g/mol. The van der Waals surface area contributed by atoms with Crippen LogP contribution < -0.4 is 4.74 Å². The SMILES string of the molecule is COc1ccc(CN(C)C(=O)c2cncc(Cl)n2)cc1. The van der Waals surface area contributed by atoms with Crippen LogP contribution >= 0.6 is 11.6 Å². The molecule has 0 radical (unpaired) electrons. The lowest BCUT2D eigenvalue weighted by Crippen LogP contribution is -2.27. The Labute approximate surface area is 122 Å². The lowest BCUT2D eigenvalue weighted by Gasteiger charge is -2.16. The van der Waals surface area contributed by atoms with Crippen molar-refractivity contribution in [1.29, 1.82) is 0 Å². The number of halogens is 1. The van der Waals surface area contributed by atoms with E-state index in [4.69, 9.17) is 16.3 Å². The van der Waals surface area contributed by atoms with Crippen LogP contribution in [0.5, 0.6) is 5.75 Å². The minimum absolute atomic E-state index is 0.202. The van der Waals surface area contributed by atoms with Crippen LogP contribution in [0.15, 0.2) is 36.7 Å². The van der Waals surface area contributed by atoms with E-state index < -0.39 is 0 Å². The molecule has 0 bridgehead atoms. The largest absolute Gasteiger partial charge is 0.497 e. The summed E-state index contributed by atoms with van der Waals surface area (Å²) in [5.74, 6) is 0.555. The van der Waals surface area contributed by atoms with Crippen LogP contribution in [-0.4, -0.2) is 34.9 Å². The Kier molecular flexibility index (Phi) is 4.53. The molecule has 20 heavy (non-hydrogen) atoms. The van der Waals surface area contributed by atoms with Crippen LogP contribution in [0.1, 0.15) is 16.1 Å². The zero-order chi connectivity index (χ0) is 14.5. The summed E-state index contributed by atoms with van der Waals surface area (Å²) in [6.45, 7) is 0.469. The van der Waals surface area contributed by atoms with E-state index in [0.29, 0.717) is 6.54 Å². The van der Waals surface area contributed by atoms with Gasteiger partial charge >= 0.3 is 0 Å². The smallest absolute Gasteiger partial charge is 0.274 e. The van der Waals surface area contributed by atoms with E-state index in [0.717, 1.165) is 11.3 Å². The number of amides is 1. The van der Waals surface area contributed by atoms with Gasteiger partial charge in [0.05, 0.1) is 19.5 Å². The molecule has 0 saturated carbocycles. The van der Waals surface area contributed by atoms with Crippen molar-refractivity contribution in [2.24, 2.45) is 0 Å². The highest BCUT2D eigenvalue weighted by atomic mass is 35.5. The second kappa shape index (κ2) is 6.34. The number of aromatic nitrogens is 2. The highest BCUT2D eigenvalue weighted by Gasteiger charge is 2.14. The molecule has 1 heterocycles. The van der Waals surface area contributed by atoms with E-state index in [1.807, 2.05) is 24.3 Å². The van der Waals surface area contributed by atoms with Gasteiger partial charge in [0, 0.05) is 13.6 Å². The number of rotatable bonds is 4. The minimum Gasteiger partial charge on any atom is -0.497 e. The van der Waals surface area contributed by atoms with E-state index in [-0.39, 0.29) is 16.8 Å². The first-order valence-corrected chi connectivity index (χ1v) is 6.34. The molecule has 0 atom stereocenters. The third-order valence-corrected chi connectivity index (χ3v) is 2.93. The molecule has 0 saturated heterocycles. The van der Waals surface area contributed by atoms with Crippen LogP contribution in [0.2, 0.25) is 5.15 Å². The van der Waals surface area contributed by atoms with E-state index >= 15 is 0 Å². The van der Waals surface area contributed by atoms with Crippen molar-refractivity contribution < 1.29 is 9.53 Å². The fraction of sp³-hybridized carbons (Fsp3) is 0.214. The van der Waals surface area contributed by atoms with Gasteiger partial charge in [0.2, 0.25) is 0 Å². The molecule has 5 nitrogen and oxygen atoms in total. The fourth-order valence-electron chi connectivity index (χ4n) is 1.72. The highest BCUT2D eigenvalue weighted by Crippen LogP contribution is 2.13. The van der Waals surface area contributed by atoms with Crippen LogP contribution in [0.4, 0.5) is 0 Å². The number of nitrogens with zero attached hydrogens (tertiary/aromatic N) is 3. The maximum absolute atomic E-state index is 12.2. The third kappa shape index (κ3) is 3.45. The molecule has 0 unspecified atom stereocenters. The molecule has 104 valence electrons. The quantitative estimate of drug-likeness (QED) is 0.868. The molecule has 2 rings (SSSR count). The maximum atomic E-state index is 12.2. The van der Waals surface area contributed by atoms with Gasteiger partial charge in [-0.1, -0.05) is 23.7 Å². The summed E-state index contributed by atoms with van der Waals surface area (Å²) in [6.07, 6.45) is 2.79. The summed E-state index contributed by atoms with van der Waals surface area (Å²) in [7, 11) is 3.32. The molecule has 1 aromatic carbocycles. The molecule has 0 aliphatic carbocycles. The number of carbonyl (C=O) groups excluding carboxylic acids is 1. The molecule has 0 aliphatic rings. The lowest BCUT2D eigenvalue weighted by molar-refractivity contribution is 0.0779. The number of carbonyl (C=O) groups is 1. The topological polar surface area (TPSA) is 55.3 Å². The van der Waals surface area contributed by atoms with Gasteiger partial charge in [-0.2, -0.15) is 0 Å². The lowest BCUT2D eigenvalue weighted by atomic mass is 10.2. The van der Waals surface area contributed by atoms with Crippen molar-refractivity contribution in [3.05, 3.63) is 53.1 Å². The van der Waals surface area contributed by atoms with Crippen molar-refractivity contribution >= 4 is 17.5 Å². The normalized spacial score (nSPS) is 10.2. The Morgan fingerprint density at radius 3 is 2.60 bits per heavy atom. The Hall–Kier alpha value is -2.14. The molecule has 2 aromatic rings. The maximum Gasteiger partial charge on any atom is 0.274 e. The van der Waals surface area contributed by atoms with E-state index in [9.17, 15) is 4.79 Å². The molecule has 0 N–H and O–H groups in total. The van der Waals surface area contributed by atoms with E-state index in [2.05, 4.69) is 9.97 Å². The molecule has 0 aliphatic heterocycles. The average molecular weight is 292 g/mol. The van der Waals surface area contributed by atoms with E-state index in [1.54, 1.807) is 19.1 Å². The van der Waals surface area contributed by atoms with Gasteiger partial charge in [0.15, 0.2) is 0 Å². The first-order valence-electron chi connectivity index (χ1n) is 5.96. The van der Waals surface area contributed by atoms with Crippen LogP contribution in [-0.2, 0) is 6.54 Å². The van der Waals surface area contributed by atoms with Crippen molar-refractivity contribution in [2.45, 2.75) is 6.54 Å². The van der Waals surface area contributed by atoms with Gasteiger partial charge in [0.1, 0.15) is 16.6 Å². The predicted octanol–water partition coefficient (Wildman–Crippen LogP) is 2.41. The summed E-state index contributed by atoms with van der Waals surface area (Å²) >= 11 is 5.73. The zero-order valence-electron chi connectivity index (χ0n) is 11.2. The number of hydrogen-bond donors (Lipinski definition) is 0. The average Bonchev–Trinajstić information content (AvgIpc) is 2.47. The Morgan fingerprint density at radius 1 is 1.30 bits per heavy atom. The number of hydrogen-bond acceptors (Lipinski definition) is 4. The molecule has 1 aromatic heterocycles. The summed E-state index contributed by atoms with van der Waals surface area (Å²) in [5, 5.41) is 0.202. The second-order valence-corrected chi connectivity index (χ2v) is 4.62. The highest BCUT2D eigenvalue weighted by molar-refractivity contribution is 6.29. The number of methoxy groups -OCH3 is 1. The second-order valence-electron chi connectivity index (χ2n) is 4.24. The van der Waals surface area contributed by atoms with Crippen molar-refractivity contribution in [1.82, 2.24) is 14.9 Å². The molecule has 0 fully saturated rings. The number of benzene rings is 1. The third-order valence-electron chi connectivity index (χ3n) is 2.75. The summed E-state index contributed by atoms with van der Waals surface area (Å²) < 4.78 is 5.09. The predicted molar refractivity (Wildman–Crippen MR) is 75.8 cm³/mol. The molecule has 6 heteroatoms. The molecule has 0 spiro atoms. The van der Waals surface area contributed by atoms with E-state index in [1.165, 1.54) is 12.4 Å². The van der Waals surface area contributed by atoms with Gasteiger partial charge in [-0.25, -0.2) is 4.98 Å². The summed E-state index contributed by atoms with van der Waals surface area (Å²) in [6, 6.07) is 7.53. The first-order chi connectivity index (χ1) is 9.60. The summed E-state index contributed by atoms with van der Waals surface area (Å²) in [4.78, 5) is 21.5. The van der Waals surface area contributed by atoms with Gasteiger partial charge < -0.3 is 9.64 Å². The molecule has 1 amide bonds. The van der Waals surface area contributed by atoms with Crippen molar-refractivity contribution in [2.75, 3.05) is 14.2 Å². The summed E-state index contributed by atoms with van der Waals surface area (Å²) in [5.41, 5.74) is 1.23. The van der Waals surface area contributed by atoms with Gasteiger partial charge in [0.25, 0.3) is 5.91 Å². The van der Waals surface area contributed by atoms with Crippen LogP contribution in [0.3, 0.4) is 0 Å².